The van der Waals surface area contributed by atoms with Gasteiger partial charge in [0.1, 0.15) is 18.2 Å². The molecule has 0 saturated carbocycles. The number of piperidine rings is 1. The fraction of sp³-hybridized carbons (Fsp3) is 0.800. The average Bonchev–Trinajstić information content (AvgIpc) is 2.79. The van der Waals surface area contributed by atoms with Crippen molar-refractivity contribution in [2.75, 3.05) is 19.7 Å². The third-order valence-electron chi connectivity index (χ3n) is 4.64. The van der Waals surface area contributed by atoms with Crippen molar-refractivity contribution >= 4 is 5.91 Å². The van der Waals surface area contributed by atoms with Crippen LogP contribution in [0.2, 0.25) is 0 Å². The molecular weight excluding hydrogens is 284 g/mol. The zero-order valence-corrected chi connectivity index (χ0v) is 13.6. The van der Waals surface area contributed by atoms with Gasteiger partial charge in [-0.25, -0.2) is 9.67 Å². The number of carbonyl (C=O) groups excluding carboxylic acids is 1. The van der Waals surface area contributed by atoms with Gasteiger partial charge in [-0.3, -0.25) is 4.79 Å². The van der Waals surface area contributed by atoms with E-state index in [4.69, 9.17) is 0 Å². The summed E-state index contributed by atoms with van der Waals surface area (Å²) in [6.07, 6.45) is 1.62. The van der Waals surface area contributed by atoms with E-state index < -0.39 is 11.5 Å². The highest BCUT2D eigenvalue weighted by Crippen LogP contribution is 2.36. The van der Waals surface area contributed by atoms with Crippen molar-refractivity contribution in [3.8, 4) is 0 Å². The highest BCUT2D eigenvalue weighted by Gasteiger charge is 2.42. The van der Waals surface area contributed by atoms with Gasteiger partial charge in [-0.2, -0.15) is 5.10 Å². The predicted molar refractivity (Wildman–Crippen MR) is 81.1 cm³/mol. The molecule has 2 N–H and O–H groups in total. The SMILES string of the molecule is CCC[C@]1(CO)CCN(C(=O)Cn2nc(C)nc2C)C[C@H]1O. The Morgan fingerprint density at radius 1 is 1.45 bits per heavy atom. The van der Waals surface area contributed by atoms with Crippen LogP contribution in [0.5, 0.6) is 0 Å². The first-order chi connectivity index (χ1) is 10.4. The molecule has 7 nitrogen and oxygen atoms in total. The topological polar surface area (TPSA) is 91.5 Å². The molecule has 1 fully saturated rings. The molecule has 2 heterocycles. The summed E-state index contributed by atoms with van der Waals surface area (Å²) in [5.74, 6) is 1.28. The van der Waals surface area contributed by atoms with Crippen molar-refractivity contribution in [2.24, 2.45) is 5.41 Å². The molecule has 1 aliphatic rings. The van der Waals surface area contributed by atoms with E-state index in [0.717, 1.165) is 12.8 Å². The molecule has 7 heteroatoms. The molecule has 0 spiro atoms. The first kappa shape index (κ1) is 16.9. The fourth-order valence-electron chi connectivity index (χ4n) is 3.24. The second kappa shape index (κ2) is 6.75. The zero-order valence-electron chi connectivity index (χ0n) is 13.6. The van der Waals surface area contributed by atoms with E-state index in [1.165, 1.54) is 0 Å². The first-order valence-electron chi connectivity index (χ1n) is 7.86. The molecule has 1 aliphatic heterocycles. The number of hydrogen-bond donors (Lipinski definition) is 2. The second-order valence-electron chi connectivity index (χ2n) is 6.24. The molecular formula is C15H26N4O3. The van der Waals surface area contributed by atoms with E-state index in [2.05, 4.69) is 10.1 Å². The number of carbonyl (C=O) groups is 1. The minimum absolute atomic E-state index is 0.0363. The van der Waals surface area contributed by atoms with Gasteiger partial charge < -0.3 is 15.1 Å². The second-order valence-corrected chi connectivity index (χ2v) is 6.24. The van der Waals surface area contributed by atoms with Crippen LogP contribution >= 0.6 is 0 Å². The number of aryl methyl sites for hydroxylation is 2. The monoisotopic (exact) mass is 310 g/mol. The molecule has 0 unspecified atom stereocenters. The minimum atomic E-state index is -0.686. The highest BCUT2D eigenvalue weighted by molar-refractivity contribution is 5.76. The van der Waals surface area contributed by atoms with Crippen molar-refractivity contribution in [1.29, 1.82) is 0 Å². The summed E-state index contributed by atoms with van der Waals surface area (Å²) in [6, 6.07) is 0. The van der Waals surface area contributed by atoms with Gasteiger partial charge in [0.2, 0.25) is 5.91 Å². The Labute approximate surface area is 131 Å². The van der Waals surface area contributed by atoms with E-state index in [9.17, 15) is 15.0 Å². The van der Waals surface area contributed by atoms with Crippen LogP contribution in [-0.4, -0.2) is 61.6 Å². The van der Waals surface area contributed by atoms with E-state index in [-0.39, 0.29) is 25.6 Å². The average molecular weight is 310 g/mol. The standard InChI is InChI=1S/C15H26N4O3/c1-4-5-15(10-20)6-7-18(8-13(15)21)14(22)9-19-12(3)16-11(2)17-19/h13,20-21H,4-10H2,1-3H3/t13-,15-/m1/s1. The number of aliphatic hydroxyl groups is 2. The number of likely N-dealkylation sites (tertiary alicyclic amines) is 1. The van der Waals surface area contributed by atoms with Crippen LogP contribution in [-0.2, 0) is 11.3 Å². The molecule has 1 aromatic heterocycles. The Kier molecular flexibility index (Phi) is 5.18. The summed E-state index contributed by atoms with van der Waals surface area (Å²) in [7, 11) is 0. The molecule has 0 aromatic carbocycles. The molecule has 0 bridgehead atoms. The van der Waals surface area contributed by atoms with E-state index in [1.807, 2.05) is 13.8 Å². The molecule has 124 valence electrons. The van der Waals surface area contributed by atoms with E-state index in [0.29, 0.717) is 24.6 Å². The summed E-state index contributed by atoms with van der Waals surface area (Å²) >= 11 is 0. The molecule has 2 atom stereocenters. The molecule has 1 amide bonds. The van der Waals surface area contributed by atoms with Gasteiger partial charge in [0, 0.05) is 18.5 Å². The molecule has 0 radical (unpaired) electrons. The largest absolute Gasteiger partial charge is 0.396 e. The van der Waals surface area contributed by atoms with Crippen molar-refractivity contribution in [2.45, 2.75) is 52.7 Å². The number of aliphatic hydroxyl groups excluding tert-OH is 2. The fourth-order valence-corrected chi connectivity index (χ4v) is 3.24. The summed E-state index contributed by atoms with van der Waals surface area (Å²) < 4.78 is 1.59. The number of β-amino-alcohol motifs (C(OH)–C–C–N with tert-alkyl or cyclic N) is 1. The van der Waals surface area contributed by atoms with Crippen LogP contribution in [0.25, 0.3) is 0 Å². The molecule has 1 saturated heterocycles. The molecule has 0 aliphatic carbocycles. The summed E-state index contributed by atoms with van der Waals surface area (Å²) in [5.41, 5.74) is -0.467. The van der Waals surface area contributed by atoms with Gasteiger partial charge in [0.05, 0.1) is 12.7 Å². The molecule has 2 rings (SSSR count). The number of nitrogens with zero attached hydrogens (tertiary/aromatic N) is 4. The lowest BCUT2D eigenvalue weighted by Crippen LogP contribution is -2.54. The highest BCUT2D eigenvalue weighted by atomic mass is 16.3. The molecule has 22 heavy (non-hydrogen) atoms. The Morgan fingerprint density at radius 2 is 2.18 bits per heavy atom. The number of rotatable bonds is 5. The van der Waals surface area contributed by atoms with Gasteiger partial charge in [0.15, 0.2) is 0 Å². The summed E-state index contributed by atoms with van der Waals surface area (Å²) in [6.45, 7) is 6.58. The lowest BCUT2D eigenvalue weighted by molar-refractivity contribution is -0.142. The van der Waals surface area contributed by atoms with Crippen LogP contribution in [0, 0.1) is 19.3 Å². The Balaban J connectivity index is 2.00. The van der Waals surface area contributed by atoms with Gasteiger partial charge in [-0.05, 0) is 26.7 Å². The van der Waals surface area contributed by atoms with Gasteiger partial charge in [-0.1, -0.05) is 13.3 Å². The number of aromatic nitrogens is 3. The minimum Gasteiger partial charge on any atom is -0.396 e. The quantitative estimate of drug-likeness (QED) is 0.814. The van der Waals surface area contributed by atoms with Crippen molar-refractivity contribution in [1.82, 2.24) is 19.7 Å². The summed E-state index contributed by atoms with van der Waals surface area (Å²) in [4.78, 5) is 18.2. The van der Waals surface area contributed by atoms with Crippen LogP contribution in [0.4, 0.5) is 0 Å². The van der Waals surface area contributed by atoms with E-state index in [1.54, 1.807) is 16.5 Å². The van der Waals surface area contributed by atoms with E-state index >= 15 is 0 Å². The maximum absolute atomic E-state index is 12.4. The third-order valence-corrected chi connectivity index (χ3v) is 4.64. The maximum Gasteiger partial charge on any atom is 0.244 e. The van der Waals surface area contributed by atoms with Crippen LogP contribution in [0.3, 0.4) is 0 Å². The van der Waals surface area contributed by atoms with Gasteiger partial charge in [-0.15, -0.1) is 0 Å². The lowest BCUT2D eigenvalue weighted by atomic mass is 9.73. The normalized spacial score (nSPS) is 25.5. The number of hydrogen-bond acceptors (Lipinski definition) is 5. The van der Waals surface area contributed by atoms with Crippen LogP contribution in [0.1, 0.15) is 37.8 Å². The van der Waals surface area contributed by atoms with Crippen molar-refractivity contribution in [3.05, 3.63) is 11.6 Å². The number of amides is 1. The Bertz CT molecular complexity index is 531. The Hall–Kier alpha value is -1.47. The summed E-state index contributed by atoms with van der Waals surface area (Å²) in [5, 5.41) is 24.3. The van der Waals surface area contributed by atoms with Gasteiger partial charge >= 0.3 is 0 Å². The van der Waals surface area contributed by atoms with Gasteiger partial charge in [0.25, 0.3) is 0 Å². The zero-order chi connectivity index (χ0) is 16.3. The Morgan fingerprint density at radius 3 is 2.68 bits per heavy atom. The predicted octanol–water partition coefficient (Wildman–Crippen LogP) is 0.267. The van der Waals surface area contributed by atoms with Crippen LogP contribution < -0.4 is 0 Å². The smallest absolute Gasteiger partial charge is 0.244 e. The first-order valence-corrected chi connectivity index (χ1v) is 7.86. The van der Waals surface area contributed by atoms with Crippen molar-refractivity contribution in [3.63, 3.8) is 0 Å². The molecule has 1 aromatic rings. The maximum atomic E-state index is 12.4. The van der Waals surface area contributed by atoms with Crippen LogP contribution in [0.15, 0.2) is 0 Å². The third kappa shape index (κ3) is 3.30. The lowest BCUT2D eigenvalue weighted by Gasteiger charge is -2.44. The van der Waals surface area contributed by atoms with Crippen molar-refractivity contribution < 1.29 is 15.0 Å².